The van der Waals surface area contributed by atoms with Crippen molar-refractivity contribution in [2.45, 2.75) is 44.4 Å². The van der Waals surface area contributed by atoms with Crippen molar-refractivity contribution in [3.05, 3.63) is 48.3 Å². The number of benzene rings is 1. The van der Waals surface area contributed by atoms with E-state index in [1.807, 2.05) is 30.3 Å². The van der Waals surface area contributed by atoms with Gasteiger partial charge < -0.3 is 19.5 Å². The van der Waals surface area contributed by atoms with Gasteiger partial charge in [-0.15, -0.1) is 0 Å². The number of rotatable bonds is 6. The summed E-state index contributed by atoms with van der Waals surface area (Å²) in [4.78, 5) is 20.2. The Morgan fingerprint density at radius 1 is 1.12 bits per heavy atom. The fourth-order valence-corrected chi connectivity index (χ4v) is 2.91. The van der Waals surface area contributed by atoms with E-state index in [0.29, 0.717) is 11.8 Å². The highest BCUT2D eigenvalue weighted by molar-refractivity contribution is 5.67. The van der Waals surface area contributed by atoms with Crippen molar-refractivity contribution < 1.29 is 19.0 Å². The van der Waals surface area contributed by atoms with Crippen LogP contribution < -0.4 is 14.8 Å². The molecule has 0 unspecified atom stereocenters. The number of carbonyl (C=O) groups excluding carboxylic acids is 1. The number of hydrogen-bond donors (Lipinski definition) is 1. The summed E-state index contributed by atoms with van der Waals surface area (Å²) in [6.45, 7) is 0.277. The first kappa shape index (κ1) is 18.0. The molecule has 1 fully saturated rings. The first-order chi connectivity index (χ1) is 12.7. The van der Waals surface area contributed by atoms with Gasteiger partial charge in [0.15, 0.2) is 0 Å². The molecule has 0 spiro atoms. The number of ether oxygens (including phenoxy) is 3. The van der Waals surface area contributed by atoms with Gasteiger partial charge in [-0.3, -0.25) is 4.98 Å². The summed E-state index contributed by atoms with van der Waals surface area (Å²) in [6, 6.07) is 9.74. The van der Waals surface area contributed by atoms with Crippen LogP contribution in [0.1, 0.15) is 31.2 Å². The average Bonchev–Trinajstić information content (AvgIpc) is 2.69. The second kappa shape index (κ2) is 9.03. The topological polar surface area (TPSA) is 82.6 Å². The van der Waals surface area contributed by atoms with Gasteiger partial charge in [-0.1, -0.05) is 30.3 Å². The highest BCUT2D eigenvalue weighted by Crippen LogP contribution is 2.23. The van der Waals surface area contributed by atoms with Crippen LogP contribution in [0.3, 0.4) is 0 Å². The van der Waals surface area contributed by atoms with Gasteiger partial charge in [0.05, 0.1) is 19.5 Å². The third-order valence-electron chi connectivity index (χ3n) is 4.30. The number of carbonyl (C=O) groups is 1. The lowest BCUT2D eigenvalue weighted by Crippen LogP contribution is -2.40. The molecule has 1 aliphatic rings. The Morgan fingerprint density at radius 3 is 2.58 bits per heavy atom. The van der Waals surface area contributed by atoms with Crippen molar-refractivity contribution in [2.75, 3.05) is 7.11 Å². The quantitative estimate of drug-likeness (QED) is 0.855. The van der Waals surface area contributed by atoms with Crippen molar-refractivity contribution in [3.63, 3.8) is 0 Å². The molecule has 1 heterocycles. The van der Waals surface area contributed by atoms with Crippen molar-refractivity contribution in [3.8, 4) is 11.8 Å². The number of hydrogen-bond acceptors (Lipinski definition) is 6. The van der Waals surface area contributed by atoms with E-state index in [1.54, 1.807) is 13.3 Å². The predicted molar refractivity (Wildman–Crippen MR) is 95.0 cm³/mol. The van der Waals surface area contributed by atoms with Crippen molar-refractivity contribution in [1.82, 2.24) is 15.3 Å². The monoisotopic (exact) mass is 357 g/mol. The normalized spacial score (nSPS) is 19.4. The number of nitrogens with zero attached hydrogens (tertiary/aromatic N) is 2. The van der Waals surface area contributed by atoms with Crippen LogP contribution in [0.4, 0.5) is 4.79 Å². The molecular formula is C19H23N3O4. The van der Waals surface area contributed by atoms with Gasteiger partial charge in [0.1, 0.15) is 12.7 Å². The van der Waals surface area contributed by atoms with Gasteiger partial charge in [0, 0.05) is 6.04 Å². The Labute approximate surface area is 152 Å². The summed E-state index contributed by atoms with van der Waals surface area (Å²) < 4.78 is 16.2. The summed E-state index contributed by atoms with van der Waals surface area (Å²) in [5.74, 6) is 0.891. The summed E-state index contributed by atoms with van der Waals surface area (Å²) in [5, 5.41) is 2.93. The molecule has 1 N–H and O–H groups in total. The van der Waals surface area contributed by atoms with Crippen LogP contribution in [0, 0.1) is 0 Å². The zero-order valence-corrected chi connectivity index (χ0v) is 14.8. The van der Waals surface area contributed by atoms with E-state index in [2.05, 4.69) is 15.3 Å². The van der Waals surface area contributed by atoms with Crippen LogP contribution >= 0.6 is 0 Å². The zero-order valence-electron chi connectivity index (χ0n) is 14.8. The minimum atomic E-state index is -0.378. The van der Waals surface area contributed by atoms with Crippen LogP contribution in [-0.4, -0.2) is 35.3 Å². The lowest BCUT2D eigenvalue weighted by Gasteiger charge is -2.28. The zero-order chi connectivity index (χ0) is 18.2. The molecule has 0 atom stereocenters. The van der Waals surface area contributed by atoms with Gasteiger partial charge in [-0.2, -0.15) is 4.98 Å². The summed E-state index contributed by atoms with van der Waals surface area (Å²) in [7, 11) is 1.54. The molecule has 3 rings (SSSR count). The van der Waals surface area contributed by atoms with Gasteiger partial charge in [-0.25, -0.2) is 4.79 Å². The van der Waals surface area contributed by atoms with Crippen molar-refractivity contribution >= 4 is 6.09 Å². The summed E-state index contributed by atoms with van der Waals surface area (Å²) in [5.41, 5.74) is 0.971. The molecule has 0 saturated heterocycles. The maximum absolute atomic E-state index is 11.9. The first-order valence-corrected chi connectivity index (χ1v) is 8.73. The Morgan fingerprint density at radius 2 is 1.85 bits per heavy atom. The largest absolute Gasteiger partial charge is 0.480 e. The molecular weight excluding hydrogens is 334 g/mol. The maximum Gasteiger partial charge on any atom is 0.407 e. The number of amides is 1. The second-order valence-corrected chi connectivity index (χ2v) is 6.20. The lowest BCUT2D eigenvalue weighted by atomic mass is 9.93. The molecule has 26 heavy (non-hydrogen) atoms. The first-order valence-electron chi connectivity index (χ1n) is 8.73. The third kappa shape index (κ3) is 5.34. The molecule has 1 aliphatic carbocycles. The van der Waals surface area contributed by atoms with Crippen LogP contribution in [0.2, 0.25) is 0 Å². The minimum absolute atomic E-state index is 0.0646. The van der Waals surface area contributed by atoms with Gasteiger partial charge >= 0.3 is 6.09 Å². The number of nitrogens with one attached hydrogen (secondary N) is 1. The van der Waals surface area contributed by atoms with Crippen LogP contribution in [0.15, 0.2) is 42.7 Å². The van der Waals surface area contributed by atoms with E-state index in [1.165, 1.54) is 6.20 Å². The Hall–Kier alpha value is -2.83. The van der Waals surface area contributed by atoms with E-state index < -0.39 is 0 Å². The molecule has 0 bridgehead atoms. The highest BCUT2D eigenvalue weighted by atomic mass is 16.5. The molecule has 1 saturated carbocycles. The minimum Gasteiger partial charge on any atom is -0.480 e. The fourth-order valence-electron chi connectivity index (χ4n) is 2.91. The maximum atomic E-state index is 11.9. The number of alkyl carbamates (subject to hydrolysis) is 1. The highest BCUT2D eigenvalue weighted by Gasteiger charge is 2.24. The van der Waals surface area contributed by atoms with Crippen LogP contribution in [0.25, 0.3) is 0 Å². The van der Waals surface area contributed by atoms with E-state index in [4.69, 9.17) is 14.2 Å². The van der Waals surface area contributed by atoms with E-state index in [0.717, 1.165) is 31.2 Å². The molecule has 7 nitrogen and oxygen atoms in total. The van der Waals surface area contributed by atoms with Crippen molar-refractivity contribution in [1.29, 1.82) is 0 Å². The molecule has 7 heteroatoms. The third-order valence-corrected chi connectivity index (χ3v) is 4.30. The molecule has 2 aromatic rings. The van der Waals surface area contributed by atoms with E-state index in [9.17, 15) is 4.79 Å². The predicted octanol–water partition coefficient (Wildman–Crippen LogP) is 3.10. The molecule has 1 amide bonds. The second-order valence-electron chi connectivity index (χ2n) is 6.20. The molecule has 0 radical (unpaired) electrons. The van der Waals surface area contributed by atoms with E-state index >= 15 is 0 Å². The fraction of sp³-hybridized carbons (Fsp3) is 0.421. The number of aromatic nitrogens is 2. The van der Waals surface area contributed by atoms with Gasteiger partial charge in [0.2, 0.25) is 11.8 Å². The lowest BCUT2D eigenvalue weighted by molar-refractivity contribution is 0.113. The molecule has 1 aromatic carbocycles. The molecule has 138 valence electrons. The van der Waals surface area contributed by atoms with Crippen LogP contribution in [0.5, 0.6) is 11.8 Å². The summed E-state index contributed by atoms with van der Waals surface area (Å²) in [6.07, 6.45) is 6.14. The standard InChI is InChI=1S/C19H23N3O4/c1-24-17-11-20-12-18(22-17)26-16-9-7-15(8-10-16)21-19(23)25-13-14-5-3-2-4-6-14/h2-6,11-12,15-16H,7-10,13H2,1H3,(H,21,23). The van der Waals surface area contributed by atoms with Gasteiger partial charge in [-0.05, 0) is 31.2 Å². The average molecular weight is 357 g/mol. The summed E-state index contributed by atoms with van der Waals surface area (Å²) >= 11 is 0. The molecule has 0 aliphatic heterocycles. The van der Waals surface area contributed by atoms with E-state index in [-0.39, 0.29) is 24.8 Å². The molecule has 1 aromatic heterocycles. The SMILES string of the molecule is COc1cncc(OC2CCC(NC(=O)OCc3ccccc3)CC2)n1. The Kier molecular flexibility index (Phi) is 6.24. The Balaban J connectivity index is 1.38. The Bertz CT molecular complexity index is 703. The smallest absolute Gasteiger partial charge is 0.407 e. The number of methoxy groups -OCH3 is 1. The van der Waals surface area contributed by atoms with Gasteiger partial charge in [0.25, 0.3) is 0 Å². The van der Waals surface area contributed by atoms with Crippen molar-refractivity contribution in [2.24, 2.45) is 0 Å². The van der Waals surface area contributed by atoms with Crippen LogP contribution in [-0.2, 0) is 11.3 Å².